The van der Waals surface area contributed by atoms with Gasteiger partial charge in [-0.25, -0.2) is 4.98 Å². The summed E-state index contributed by atoms with van der Waals surface area (Å²) in [5.41, 5.74) is 3.67. The number of carbonyl (C=O) groups is 2. The Labute approximate surface area is 230 Å². The summed E-state index contributed by atoms with van der Waals surface area (Å²) in [6.45, 7) is 2.90. The molecule has 3 aromatic rings. The minimum absolute atomic E-state index is 0.0584. The lowest BCUT2D eigenvalue weighted by Gasteiger charge is -2.31. The molecule has 2 N–H and O–H groups in total. The Kier molecular flexibility index (Phi) is 8.39. The maximum absolute atomic E-state index is 13.3. The molecule has 2 amide bonds. The van der Waals surface area contributed by atoms with Crippen molar-refractivity contribution in [1.29, 1.82) is 0 Å². The first-order valence-corrected chi connectivity index (χ1v) is 14.3. The summed E-state index contributed by atoms with van der Waals surface area (Å²) in [6.07, 6.45) is 12.0. The fraction of sp³-hybridized carbons (Fsp3) is 0.419. The molecule has 0 saturated heterocycles. The molecule has 0 atom stereocenters. The van der Waals surface area contributed by atoms with Crippen LogP contribution < -0.4 is 20.4 Å². The average molecular weight is 527 g/mol. The number of carbonyl (C=O) groups excluding carboxylic acids is 2. The third-order valence-electron chi connectivity index (χ3n) is 7.70. The highest BCUT2D eigenvalue weighted by Crippen LogP contribution is 2.43. The van der Waals surface area contributed by atoms with Crippen molar-refractivity contribution in [3.63, 3.8) is 0 Å². The van der Waals surface area contributed by atoms with Crippen LogP contribution in [-0.2, 0) is 0 Å². The van der Waals surface area contributed by atoms with Crippen molar-refractivity contribution in [3.8, 4) is 0 Å². The number of amides is 2. The van der Waals surface area contributed by atoms with E-state index in [0.29, 0.717) is 29.3 Å². The van der Waals surface area contributed by atoms with E-state index in [0.717, 1.165) is 55.7 Å². The van der Waals surface area contributed by atoms with Crippen LogP contribution in [0, 0.1) is 0 Å². The highest BCUT2D eigenvalue weighted by atomic mass is 16.2. The number of fused-ring (bicyclic) bond motifs is 2. The SMILES string of the molecule is CCCCCCCNC(=O)c1ccc(Nc2ncc3c(n2)N(C2CCCC2)c2ccccc2C(=O)N3C)cc1. The van der Waals surface area contributed by atoms with Crippen LogP contribution in [-0.4, -0.2) is 41.4 Å². The number of benzene rings is 2. The van der Waals surface area contributed by atoms with Gasteiger partial charge in [0.15, 0.2) is 5.82 Å². The van der Waals surface area contributed by atoms with Gasteiger partial charge in [0.2, 0.25) is 5.95 Å². The van der Waals surface area contributed by atoms with Crippen molar-refractivity contribution in [2.24, 2.45) is 0 Å². The van der Waals surface area contributed by atoms with Crippen LogP contribution in [0.2, 0.25) is 0 Å². The molecule has 2 aliphatic rings. The first kappa shape index (κ1) is 26.7. The minimum Gasteiger partial charge on any atom is -0.352 e. The van der Waals surface area contributed by atoms with Crippen molar-refractivity contribution in [3.05, 3.63) is 65.9 Å². The van der Waals surface area contributed by atoms with Crippen molar-refractivity contribution in [2.75, 3.05) is 28.7 Å². The van der Waals surface area contributed by atoms with Crippen LogP contribution in [0.25, 0.3) is 0 Å². The van der Waals surface area contributed by atoms with E-state index in [1.54, 1.807) is 18.1 Å². The van der Waals surface area contributed by atoms with E-state index in [2.05, 4.69) is 27.4 Å². The van der Waals surface area contributed by atoms with Gasteiger partial charge >= 0.3 is 0 Å². The molecule has 5 rings (SSSR count). The van der Waals surface area contributed by atoms with Gasteiger partial charge in [-0.05, 0) is 55.7 Å². The third-order valence-corrected chi connectivity index (χ3v) is 7.70. The predicted molar refractivity (Wildman–Crippen MR) is 156 cm³/mol. The summed E-state index contributed by atoms with van der Waals surface area (Å²) in [5, 5.41) is 6.30. The summed E-state index contributed by atoms with van der Waals surface area (Å²) in [7, 11) is 1.78. The first-order valence-electron chi connectivity index (χ1n) is 14.3. The Morgan fingerprint density at radius 1 is 0.974 bits per heavy atom. The second-order valence-corrected chi connectivity index (χ2v) is 10.5. The van der Waals surface area contributed by atoms with Crippen molar-refractivity contribution in [2.45, 2.75) is 70.8 Å². The number of nitrogens with zero attached hydrogens (tertiary/aromatic N) is 4. The average Bonchev–Trinajstić information content (AvgIpc) is 3.47. The van der Waals surface area contributed by atoms with Gasteiger partial charge in [0.05, 0.1) is 17.4 Å². The van der Waals surface area contributed by atoms with Gasteiger partial charge in [-0.3, -0.25) is 9.59 Å². The molecule has 1 fully saturated rings. The monoisotopic (exact) mass is 526 g/mol. The molecular formula is C31H38N6O2. The fourth-order valence-corrected chi connectivity index (χ4v) is 5.51. The fourth-order valence-electron chi connectivity index (χ4n) is 5.51. The second kappa shape index (κ2) is 12.3. The third kappa shape index (κ3) is 5.90. The van der Waals surface area contributed by atoms with Crippen LogP contribution in [0.3, 0.4) is 0 Å². The van der Waals surface area contributed by atoms with Gasteiger partial charge in [0.1, 0.15) is 5.69 Å². The van der Waals surface area contributed by atoms with E-state index in [1.807, 2.05) is 48.5 Å². The molecule has 0 spiro atoms. The van der Waals surface area contributed by atoms with Gasteiger partial charge in [-0.1, -0.05) is 57.6 Å². The van der Waals surface area contributed by atoms with E-state index < -0.39 is 0 Å². The van der Waals surface area contributed by atoms with Crippen molar-refractivity contribution >= 4 is 40.6 Å². The Balaban J connectivity index is 1.34. The molecule has 0 unspecified atom stereocenters. The molecule has 8 heteroatoms. The molecule has 1 aromatic heterocycles. The summed E-state index contributed by atoms with van der Waals surface area (Å²) >= 11 is 0. The van der Waals surface area contributed by atoms with Gasteiger partial charge in [-0.15, -0.1) is 0 Å². The van der Waals surface area contributed by atoms with Gasteiger partial charge < -0.3 is 20.4 Å². The highest BCUT2D eigenvalue weighted by molar-refractivity contribution is 6.13. The van der Waals surface area contributed by atoms with E-state index in [9.17, 15) is 9.59 Å². The molecule has 2 aromatic carbocycles. The molecule has 0 radical (unpaired) electrons. The molecule has 8 nitrogen and oxygen atoms in total. The molecule has 1 aliphatic heterocycles. The quantitative estimate of drug-likeness (QED) is 0.290. The summed E-state index contributed by atoms with van der Waals surface area (Å²) < 4.78 is 0. The topological polar surface area (TPSA) is 90.5 Å². The zero-order chi connectivity index (χ0) is 27.2. The van der Waals surface area contributed by atoms with E-state index >= 15 is 0 Å². The number of unbranched alkanes of at least 4 members (excludes halogenated alkanes) is 4. The minimum atomic E-state index is -0.0634. The largest absolute Gasteiger partial charge is 0.352 e. The summed E-state index contributed by atoms with van der Waals surface area (Å²) in [5.74, 6) is 1.06. The van der Waals surface area contributed by atoms with Crippen LogP contribution in [0.4, 0.5) is 28.8 Å². The number of hydrogen-bond acceptors (Lipinski definition) is 6. The molecule has 204 valence electrons. The normalized spacial score (nSPS) is 15.1. The van der Waals surface area contributed by atoms with E-state index in [-0.39, 0.29) is 17.9 Å². The Morgan fingerprint density at radius 3 is 2.49 bits per heavy atom. The molecule has 1 saturated carbocycles. The molecule has 1 aliphatic carbocycles. The highest BCUT2D eigenvalue weighted by Gasteiger charge is 2.35. The van der Waals surface area contributed by atoms with Crippen LogP contribution in [0.15, 0.2) is 54.7 Å². The zero-order valence-corrected chi connectivity index (χ0v) is 22.9. The van der Waals surface area contributed by atoms with E-state index in [4.69, 9.17) is 4.98 Å². The number of hydrogen-bond donors (Lipinski definition) is 2. The van der Waals surface area contributed by atoms with E-state index in [1.165, 1.54) is 19.3 Å². The molecule has 0 bridgehead atoms. The lowest BCUT2D eigenvalue weighted by molar-refractivity contribution is 0.0951. The lowest BCUT2D eigenvalue weighted by Crippen LogP contribution is -2.30. The standard InChI is InChI=1S/C31H38N6O2/c1-3-4-5-6-11-20-32-29(38)22-16-18-23(19-17-22)34-31-33-21-27-28(35-31)37(24-12-7-8-13-24)26-15-10-9-14-25(26)30(39)36(27)2/h9-10,14-19,21,24H,3-8,11-13,20H2,1-2H3,(H,32,38)(H,33,34,35). The van der Waals surface area contributed by atoms with Gasteiger partial charge in [-0.2, -0.15) is 4.98 Å². The zero-order valence-electron chi connectivity index (χ0n) is 22.9. The Bertz CT molecular complexity index is 1300. The molecule has 39 heavy (non-hydrogen) atoms. The Hall–Kier alpha value is -3.94. The van der Waals surface area contributed by atoms with Crippen LogP contribution in [0.1, 0.15) is 85.4 Å². The van der Waals surface area contributed by atoms with Gasteiger partial charge in [0, 0.05) is 30.9 Å². The van der Waals surface area contributed by atoms with Gasteiger partial charge in [0.25, 0.3) is 11.8 Å². The number of nitrogens with one attached hydrogen (secondary N) is 2. The number of rotatable bonds is 10. The van der Waals surface area contributed by atoms with Crippen molar-refractivity contribution in [1.82, 2.24) is 15.3 Å². The smallest absolute Gasteiger partial charge is 0.260 e. The number of aromatic nitrogens is 2. The lowest BCUT2D eigenvalue weighted by atomic mass is 10.1. The molecular weight excluding hydrogens is 488 g/mol. The molecule has 2 heterocycles. The maximum atomic E-state index is 13.3. The van der Waals surface area contributed by atoms with Crippen molar-refractivity contribution < 1.29 is 9.59 Å². The predicted octanol–water partition coefficient (Wildman–Crippen LogP) is 6.59. The van der Waals surface area contributed by atoms with Crippen LogP contribution in [0.5, 0.6) is 0 Å². The number of para-hydroxylation sites is 1. The maximum Gasteiger partial charge on any atom is 0.260 e. The van der Waals surface area contributed by atoms with Crippen LogP contribution >= 0.6 is 0 Å². The summed E-state index contributed by atoms with van der Waals surface area (Å²) in [4.78, 5) is 39.2. The Morgan fingerprint density at radius 2 is 1.72 bits per heavy atom. The second-order valence-electron chi connectivity index (χ2n) is 10.5. The first-order chi connectivity index (χ1) is 19.1. The summed E-state index contributed by atoms with van der Waals surface area (Å²) in [6, 6.07) is 15.4. The number of anilines is 5.